The van der Waals surface area contributed by atoms with Gasteiger partial charge in [-0.05, 0) is 23.8 Å². The second-order valence-electron chi connectivity index (χ2n) is 4.67. The van der Waals surface area contributed by atoms with Crippen molar-refractivity contribution in [1.29, 1.82) is 0 Å². The molecule has 1 fully saturated rings. The molecule has 1 aromatic carbocycles. The number of amides is 3. The third kappa shape index (κ3) is 2.94. The zero-order chi connectivity index (χ0) is 15.6. The topological polar surface area (TPSA) is 66.9 Å². The van der Waals surface area contributed by atoms with Gasteiger partial charge in [-0.1, -0.05) is 12.1 Å². The predicted octanol–water partition coefficient (Wildman–Crippen LogP) is 0.883. The molecule has 0 saturated carbocycles. The molecule has 0 aromatic heterocycles. The highest BCUT2D eigenvalue weighted by molar-refractivity contribution is 6.12. The zero-order valence-electron chi connectivity index (χ0n) is 12.1. The average molecular weight is 288 g/mol. The Morgan fingerprint density at radius 1 is 1.24 bits per heavy atom. The summed E-state index contributed by atoms with van der Waals surface area (Å²) in [4.78, 5) is 37.8. The molecule has 1 heterocycles. The standard InChI is InChI=1S/C15H16N2O4/c1-10(18)17-9-14(19)16(2)13(15(17)20)8-11-4-6-12(21-3)7-5-11/h4-8H,9H2,1-3H3/b13-8-. The van der Waals surface area contributed by atoms with Crippen molar-refractivity contribution in [2.24, 2.45) is 0 Å². The number of carbonyl (C=O) groups excluding carboxylic acids is 3. The second-order valence-corrected chi connectivity index (χ2v) is 4.67. The van der Waals surface area contributed by atoms with Crippen LogP contribution in [-0.4, -0.2) is 48.2 Å². The predicted molar refractivity (Wildman–Crippen MR) is 76.1 cm³/mol. The van der Waals surface area contributed by atoms with Crippen LogP contribution in [0, 0.1) is 0 Å². The van der Waals surface area contributed by atoms with E-state index in [1.54, 1.807) is 37.5 Å². The van der Waals surface area contributed by atoms with Crippen LogP contribution < -0.4 is 4.74 Å². The molecule has 3 amide bonds. The van der Waals surface area contributed by atoms with E-state index in [2.05, 4.69) is 0 Å². The molecule has 1 aromatic rings. The van der Waals surface area contributed by atoms with Crippen molar-refractivity contribution >= 4 is 23.8 Å². The zero-order valence-corrected chi connectivity index (χ0v) is 12.1. The Hall–Kier alpha value is -2.63. The Morgan fingerprint density at radius 3 is 2.38 bits per heavy atom. The van der Waals surface area contributed by atoms with Crippen molar-refractivity contribution in [1.82, 2.24) is 9.80 Å². The number of hydrogen-bond acceptors (Lipinski definition) is 4. The van der Waals surface area contributed by atoms with Crippen LogP contribution in [0.2, 0.25) is 0 Å². The summed E-state index contributed by atoms with van der Waals surface area (Å²) in [6.07, 6.45) is 1.58. The molecule has 21 heavy (non-hydrogen) atoms. The number of ether oxygens (including phenoxy) is 1. The third-order valence-corrected chi connectivity index (χ3v) is 3.29. The highest BCUT2D eigenvalue weighted by atomic mass is 16.5. The molecule has 0 unspecified atom stereocenters. The summed E-state index contributed by atoms with van der Waals surface area (Å²) in [5.41, 5.74) is 0.913. The first-order valence-corrected chi connectivity index (χ1v) is 6.38. The second kappa shape index (κ2) is 5.78. The van der Waals surface area contributed by atoms with Crippen LogP contribution in [0.25, 0.3) is 6.08 Å². The molecule has 2 rings (SSSR count). The van der Waals surface area contributed by atoms with E-state index < -0.39 is 11.8 Å². The lowest BCUT2D eigenvalue weighted by atomic mass is 10.1. The lowest BCUT2D eigenvalue weighted by Crippen LogP contribution is -2.52. The van der Waals surface area contributed by atoms with Gasteiger partial charge < -0.3 is 9.64 Å². The van der Waals surface area contributed by atoms with Crippen molar-refractivity contribution < 1.29 is 19.1 Å². The van der Waals surface area contributed by atoms with E-state index in [1.165, 1.54) is 18.9 Å². The van der Waals surface area contributed by atoms with Crippen LogP contribution in [0.4, 0.5) is 0 Å². The minimum absolute atomic E-state index is 0.173. The van der Waals surface area contributed by atoms with Gasteiger partial charge >= 0.3 is 0 Å². The van der Waals surface area contributed by atoms with Crippen molar-refractivity contribution in [2.75, 3.05) is 20.7 Å². The first kappa shape index (κ1) is 14.8. The fourth-order valence-corrected chi connectivity index (χ4v) is 2.00. The summed E-state index contributed by atoms with van der Waals surface area (Å²) in [6.45, 7) is 1.05. The number of hydrogen-bond donors (Lipinski definition) is 0. The van der Waals surface area contributed by atoms with Crippen LogP contribution in [-0.2, 0) is 14.4 Å². The molecular formula is C15H16N2O4. The Labute approximate surface area is 122 Å². The van der Waals surface area contributed by atoms with E-state index in [0.717, 1.165) is 10.5 Å². The number of methoxy groups -OCH3 is 1. The number of nitrogens with zero attached hydrogens (tertiary/aromatic N) is 2. The number of likely N-dealkylation sites (N-methyl/N-ethyl adjacent to an activating group) is 1. The van der Waals surface area contributed by atoms with Gasteiger partial charge in [0.25, 0.3) is 5.91 Å². The average Bonchev–Trinajstić information content (AvgIpc) is 2.47. The molecule has 6 nitrogen and oxygen atoms in total. The SMILES string of the molecule is COc1ccc(/C=C2/C(=O)N(C(C)=O)CC(=O)N2C)cc1. The Bertz CT molecular complexity index is 619. The van der Waals surface area contributed by atoms with E-state index in [9.17, 15) is 14.4 Å². The molecule has 1 aliphatic heterocycles. The lowest BCUT2D eigenvalue weighted by molar-refractivity contribution is -0.151. The number of imide groups is 1. The summed E-state index contributed by atoms with van der Waals surface area (Å²) >= 11 is 0. The van der Waals surface area contributed by atoms with E-state index in [1.807, 2.05) is 0 Å². The molecule has 0 radical (unpaired) electrons. The van der Waals surface area contributed by atoms with Crippen molar-refractivity contribution in [2.45, 2.75) is 6.92 Å². The molecule has 0 spiro atoms. The molecule has 6 heteroatoms. The van der Waals surface area contributed by atoms with Gasteiger partial charge in [-0.2, -0.15) is 0 Å². The maximum Gasteiger partial charge on any atom is 0.277 e. The fourth-order valence-electron chi connectivity index (χ4n) is 2.00. The summed E-state index contributed by atoms with van der Waals surface area (Å²) in [5, 5.41) is 0. The quantitative estimate of drug-likeness (QED) is 0.758. The van der Waals surface area contributed by atoms with Crippen molar-refractivity contribution in [3.63, 3.8) is 0 Å². The first-order chi connectivity index (χ1) is 9.93. The van der Waals surface area contributed by atoms with Gasteiger partial charge in [0.1, 0.15) is 18.0 Å². The molecule has 1 aliphatic rings. The van der Waals surface area contributed by atoms with Gasteiger partial charge in [0.2, 0.25) is 11.8 Å². The van der Waals surface area contributed by atoms with Crippen molar-refractivity contribution in [3.05, 3.63) is 35.5 Å². The van der Waals surface area contributed by atoms with Crippen molar-refractivity contribution in [3.8, 4) is 5.75 Å². The molecule has 1 saturated heterocycles. The highest BCUT2D eigenvalue weighted by Gasteiger charge is 2.34. The van der Waals surface area contributed by atoms with Crippen LogP contribution in [0.3, 0.4) is 0 Å². The largest absolute Gasteiger partial charge is 0.497 e. The number of carbonyl (C=O) groups is 3. The van der Waals surface area contributed by atoms with Gasteiger partial charge in [-0.25, -0.2) is 0 Å². The summed E-state index contributed by atoms with van der Waals surface area (Å²) in [6, 6.07) is 7.04. The summed E-state index contributed by atoms with van der Waals surface area (Å²) < 4.78 is 5.06. The van der Waals surface area contributed by atoms with E-state index in [-0.39, 0.29) is 18.1 Å². The minimum Gasteiger partial charge on any atom is -0.497 e. The van der Waals surface area contributed by atoms with Crippen LogP contribution in [0.5, 0.6) is 5.75 Å². The minimum atomic E-state index is -0.472. The maximum absolute atomic E-state index is 12.3. The van der Waals surface area contributed by atoms with Gasteiger partial charge in [0, 0.05) is 14.0 Å². The lowest BCUT2D eigenvalue weighted by Gasteiger charge is -2.31. The number of piperazine rings is 1. The molecule has 0 N–H and O–H groups in total. The maximum atomic E-state index is 12.3. The molecular weight excluding hydrogens is 272 g/mol. The Morgan fingerprint density at radius 2 is 1.86 bits per heavy atom. The van der Waals surface area contributed by atoms with E-state index in [4.69, 9.17) is 4.74 Å². The smallest absolute Gasteiger partial charge is 0.277 e. The van der Waals surface area contributed by atoms with E-state index in [0.29, 0.717) is 5.75 Å². The number of benzene rings is 1. The van der Waals surface area contributed by atoms with Crippen LogP contribution >= 0.6 is 0 Å². The summed E-state index contributed by atoms with van der Waals surface area (Å²) in [5.74, 6) is -0.519. The normalized spacial score (nSPS) is 17.4. The summed E-state index contributed by atoms with van der Waals surface area (Å²) in [7, 11) is 3.09. The molecule has 0 bridgehead atoms. The Kier molecular flexibility index (Phi) is 4.07. The van der Waals surface area contributed by atoms with Crippen LogP contribution in [0.1, 0.15) is 12.5 Å². The molecule has 0 atom stereocenters. The van der Waals surface area contributed by atoms with Gasteiger partial charge in [-0.15, -0.1) is 0 Å². The third-order valence-electron chi connectivity index (χ3n) is 3.29. The molecule has 0 aliphatic carbocycles. The monoisotopic (exact) mass is 288 g/mol. The van der Waals surface area contributed by atoms with E-state index >= 15 is 0 Å². The number of rotatable bonds is 2. The first-order valence-electron chi connectivity index (χ1n) is 6.38. The van der Waals surface area contributed by atoms with Crippen LogP contribution in [0.15, 0.2) is 30.0 Å². The van der Waals surface area contributed by atoms with Gasteiger partial charge in [0.05, 0.1) is 7.11 Å². The highest BCUT2D eigenvalue weighted by Crippen LogP contribution is 2.19. The van der Waals surface area contributed by atoms with Gasteiger partial charge in [-0.3, -0.25) is 19.3 Å². The fraction of sp³-hybridized carbons (Fsp3) is 0.267. The molecule has 110 valence electrons. The Balaban J connectivity index is 2.37. The van der Waals surface area contributed by atoms with Gasteiger partial charge in [0.15, 0.2) is 0 Å².